The lowest BCUT2D eigenvalue weighted by Crippen LogP contribution is -2.24. The minimum Gasteiger partial charge on any atom is -0.461 e. The van der Waals surface area contributed by atoms with Crippen molar-refractivity contribution in [1.82, 2.24) is 0 Å². The summed E-state index contributed by atoms with van der Waals surface area (Å²) in [5.41, 5.74) is 0.894. The number of furan rings is 1. The standard InChI is InChI=1S/C17H19NO2/c1-11-7-8-17(9-11,10-18)16(19)15-12(2)20-14-6-4-3-5-13(14)15/h3-6,11,16,19H,7-9H2,1-2H3. The number of hydrogen-bond acceptors (Lipinski definition) is 3. The Labute approximate surface area is 118 Å². The van der Waals surface area contributed by atoms with E-state index in [9.17, 15) is 10.4 Å². The number of aliphatic hydroxyl groups excluding tert-OH is 1. The van der Waals surface area contributed by atoms with Gasteiger partial charge in [-0.1, -0.05) is 25.1 Å². The molecule has 20 heavy (non-hydrogen) atoms. The van der Waals surface area contributed by atoms with Gasteiger partial charge in [0.2, 0.25) is 0 Å². The van der Waals surface area contributed by atoms with Gasteiger partial charge < -0.3 is 9.52 Å². The predicted octanol–water partition coefficient (Wildman–Crippen LogP) is 4.10. The summed E-state index contributed by atoms with van der Waals surface area (Å²) in [7, 11) is 0. The second kappa shape index (κ2) is 4.64. The molecule has 0 aliphatic heterocycles. The van der Waals surface area contributed by atoms with Crippen molar-refractivity contribution in [3.05, 3.63) is 35.6 Å². The topological polar surface area (TPSA) is 57.2 Å². The molecule has 1 heterocycles. The van der Waals surface area contributed by atoms with Gasteiger partial charge >= 0.3 is 0 Å². The SMILES string of the molecule is Cc1oc2ccccc2c1C(O)C1(C#N)CCC(C)C1. The number of hydrogen-bond donors (Lipinski definition) is 1. The predicted molar refractivity (Wildman–Crippen MR) is 77.0 cm³/mol. The van der Waals surface area contributed by atoms with Gasteiger partial charge in [-0.2, -0.15) is 5.26 Å². The van der Waals surface area contributed by atoms with Gasteiger partial charge in [-0.15, -0.1) is 0 Å². The van der Waals surface area contributed by atoms with Crippen molar-refractivity contribution in [2.24, 2.45) is 11.3 Å². The fourth-order valence-corrected chi connectivity index (χ4v) is 3.54. The molecule has 0 radical (unpaired) electrons. The average Bonchev–Trinajstić information content (AvgIpc) is 2.98. The quantitative estimate of drug-likeness (QED) is 0.892. The van der Waals surface area contributed by atoms with Crippen LogP contribution in [0.1, 0.15) is 43.6 Å². The van der Waals surface area contributed by atoms with E-state index in [1.807, 2.05) is 31.2 Å². The number of rotatable bonds is 2. The summed E-state index contributed by atoms with van der Waals surface area (Å²) in [6.45, 7) is 4.01. The van der Waals surface area contributed by atoms with Crippen molar-refractivity contribution in [2.75, 3.05) is 0 Å². The highest BCUT2D eigenvalue weighted by atomic mass is 16.3. The van der Waals surface area contributed by atoms with Gasteiger partial charge in [0.05, 0.1) is 11.5 Å². The minimum atomic E-state index is -0.777. The van der Waals surface area contributed by atoms with Gasteiger partial charge in [0.15, 0.2) is 0 Å². The van der Waals surface area contributed by atoms with E-state index in [0.29, 0.717) is 11.7 Å². The summed E-state index contributed by atoms with van der Waals surface area (Å²) in [4.78, 5) is 0. The van der Waals surface area contributed by atoms with Crippen molar-refractivity contribution >= 4 is 11.0 Å². The van der Waals surface area contributed by atoms with Crippen LogP contribution in [0.4, 0.5) is 0 Å². The first-order chi connectivity index (χ1) is 9.57. The molecule has 1 aromatic heterocycles. The van der Waals surface area contributed by atoms with Gasteiger partial charge in [0.1, 0.15) is 17.4 Å². The number of fused-ring (bicyclic) bond motifs is 1. The molecule has 1 aliphatic rings. The second-order valence-electron chi connectivity index (χ2n) is 6.09. The first kappa shape index (κ1) is 13.2. The Hall–Kier alpha value is -1.79. The Morgan fingerprint density at radius 2 is 2.20 bits per heavy atom. The average molecular weight is 269 g/mol. The van der Waals surface area contributed by atoms with Crippen LogP contribution in [0, 0.1) is 29.6 Å². The maximum Gasteiger partial charge on any atom is 0.134 e. The van der Waals surface area contributed by atoms with E-state index in [0.717, 1.165) is 35.8 Å². The summed E-state index contributed by atoms with van der Waals surface area (Å²) in [6, 6.07) is 10.1. The minimum absolute atomic E-state index is 0.489. The van der Waals surface area contributed by atoms with E-state index in [-0.39, 0.29) is 0 Å². The fraction of sp³-hybridized carbons (Fsp3) is 0.471. The first-order valence-electron chi connectivity index (χ1n) is 7.15. The van der Waals surface area contributed by atoms with Gasteiger partial charge in [-0.25, -0.2) is 0 Å². The number of nitrogens with zero attached hydrogens (tertiary/aromatic N) is 1. The van der Waals surface area contributed by atoms with E-state index in [1.165, 1.54) is 0 Å². The molecule has 0 saturated heterocycles. The molecule has 104 valence electrons. The summed E-state index contributed by atoms with van der Waals surface area (Å²) in [5.74, 6) is 1.20. The monoisotopic (exact) mass is 269 g/mol. The van der Waals surface area contributed by atoms with Gasteiger partial charge in [0.25, 0.3) is 0 Å². The molecule has 3 atom stereocenters. The largest absolute Gasteiger partial charge is 0.461 e. The Morgan fingerprint density at radius 3 is 2.85 bits per heavy atom. The van der Waals surface area contributed by atoms with E-state index >= 15 is 0 Å². The third kappa shape index (κ3) is 1.83. The first-order valence-corrected chi connectivity index (χ1v) is 7.15. The van der Waals surface area contributed by atoms with Gasteiger partial charge in [-0.05, 0) is 38.2 Å². The van der Waals surface area contributed by atoms with E-state index < -0.39 is 11.5 Å². The molecule has 0 amide bonds. The zero-order chi connectivity index (χ0) is 14.3. The van der Waals surface area contributed by atoms with E-state index in [1.54, 1.807) is 0 Å². The van der Waals surface area contributed by atoms with E-state index in [4.69, 9.17) is 4.42 Å². The zero-order valence-electron chi connectivity index (χ0n) is 11.9. The molecule has 3 nitrogen and oxygen atoms in total. The fourth-order valence-electron chi connectivity index (χ4n) is 3.54. The van der Waals surface area contributed by atoms with Crippen LogP contribution in [0.15, 0.2) is 28.7 Å². The number of aliphatic hydroxyl groups is 1. The maximum atomic E-state index is 10.9. The number of benzene rings is 1. The Kier molecular flexibility index (Phi) is 3.07. The van der Waals surface area contributed by atoms with Crippen molar-refractivity contribution < 1.29 is 9.52 Å². The lowest BCUT2D eigenvalue weighted by molar-refractivity contribution is 0.0645. The third-order valence-electron chi connectivity index (χ3n) is 4.64. The highest BCUT2D eigenvalue weighted by Crippen LogP contribution is 2.51. The summed E-state index contributed by atoms with van der Waals surface area (Å²) in [5, 5.41) is 21.4. The maximum absolute atomic E-state index is 10.9. The lowest BCUT2D eigenvalue weighted by Gasteiger charge is -2.27. The van der Waals surface area contributed by atoms with Gasteiger partial charge in [0, 0.05) is 10.9 Å². The molecule has 1 saturated carbocycles. The van der Waals surface area contributed by atoms with Crippen molar-refractivity contribution in [3.8, 4) is 6.07 Å². The molecular weight excluding hydrogens is 250 g/mol. The third-order valence-corrected chi connectivity index (χ3v) is 4.64. The van der Waals surface area contributed by atoms with Crippen LogP contribution in [-0.4, -0.2) is 5.11 Å². The van der Waals surface area contributed by atoms with Crippen LogP contribution in [0.25, 0.3) is 11.0 Å². The highest BCUT2D eigenvalue weighted by molar-refractivity contribution is 5.82. The van der Waals surface area contributed by atoms with Crippen LogP contribution in [0.5, 0.6) is 0 Å². The Morgan fingerprint density at radius 1 is 1.45 bits per heavy atom. The summed E-state index contributed by atoms with van der Waals surface area (Å²) < 4.78 is 5.73. The molecule has 2 aromatic rings. The Balaban J connectivity index is 2.11. The molecule has 3 unspecified atom stereocenters. The van der Waals surface area contributed by atoms with Crippen LogP contribution in [0.2, 0.25) is 0 Å². The lowest BCUT2D eigenvalue weighted by atomic mass is 9.77. The molecule has 1 aliphatic carbocycles. The molecule has 1 aromatic carbocycles. The normalized spacial score (nSPS) is 27.6. The van der Waals surface area contributed by atoms with Crippen LogP contribution in [-0.2, 0) is 0 Å². The molecule has 0 spiro atoms. The molecule has 1 N–H and O–H groups in total. The molecule has 1 fully saturated rings. The smallest absolute Gasteiger partial charge is 0.134 e. The van der Waals surface area contributed by atoms with E-state index in [2.05, 4.69) is 13.0 Å². The van der Waals surface area contributed by atoms with Crippen molar-refractivity contribution in [3.63, 3.8) is 0 Å². The molecule has 3 rings (SSSR count). The van der Waals surface area contributed by atoms with Crippen LogP contribution < -0.4 is 0 Å². The van der Waals surface area contributed by atoms with Crippen molar-refractivity contribution in [1.29, 1.82) is 5.26 Å². The van der Waals surface area contributed by atoms with Crippen molar-refractivity contribution in [2.45, 2.75) is 39.2 Å². The van der Waals surface area contributed by atoms with Gasteiger partial charge in [-0.3, -0.25) is 0 Å². The number of nitriles is 1. The number of aryl methyl sites for hydroxylation is 1. The van der Waals surface area contributed by atoms with Crippen LogP contribution >= 0.6 is 0 Å². The number of para-hydroxylation sites is 1. The summed E-state index contributed by atoms with van der Waals surface area (Å²) in [6.07, 6.45) is 1.73. The van der Waals surface area contributed by atoms with Crippen LogP contribution in [0.3, 0.4) is 0 Å². The highest BCUT2D eigenvalue weighted by Gasteiger charge is 2.46. The molecule has 0 bridgehead atoms. The summed E-state index contributed by atoms with van der Waals surface area (Å²) >= 11 is 0. The molecular formula is C17H19NO2. The second-order valence-corrected chi connectivity index (χ2v) is 6.09. The Bertz CT molecular complexity index is 682. The molecule has 3 heteroatoms. The zero-order valence-corrected chi connectivity index (χ0v) is 11.9.